The molecule has 10 nitrogen and oxygen atoms in total. The van der Waals surface area contributed by atoms with Crippen LogP contribution in [0, 0.1) is 39.9 Å². The van der Waals surface area contributed by atoms with Gasteiger partial charge < -0.3 is 20.3 Å². The van der Waals surface area contributed by atoms with E-state index in [2.05, 4.69) is 40.7 Å². The van der Waals surface area contributed by atoms with Gasteiger partial charge in [0.15, 0.2) is 6.04 Å². The predicted octanol–water partition coefficient (Wildman–Crippen LogP) is 2.75. The van der Waals surface area contributed by atoms with Gasteiger partial charge in [-0.05, 0) is 35.5 Å². The topological polar surface area (TPSA) is 137 Å². The number of nitrogens with one attached hydrogen (secondary N) is 2. The van der Waals surface area contributed by atoms with E-state index < -0.39 is 29.4 Å². The fraction of sp³-hybridized carbons (Fsp3) is 0.600. The molecule has 212 valence electrons. The van der Waals surface area contributed by atoms with E-state index >= 15 is 0 Å². The highest BCUT2D eigenvalue weighted by Gasteiger charge is 2.70. The number of benzene rings is 1. The molecule has 1 aromatic carbocycles. The molecule has 3 amide bonds. The lowest BCUT2D eigenvalue weighted by Gasteiger charge is -2.39. The van der Waals surface area contributed by atoms with Crippen LogP contribution in [0.2, 0.25) is 0 Å². The Morgan fingerprint density at radius 2 is 1.85 bits per heavy atom. The van der Waals surface area contributed by atoms with Crippen LogP contribution in [0.5, 0.6) is 0 Å². The molecule has 5 atom stereocenters. The maximum Gasteiger partial charge on any atom is 0.246 e. The highest BCUT2D eigenvalue weighted by atomic mass is 16.5. The number of nitriles is 1. The summed E-state index contributed by atoms with van der Waals surface area (Å²) >= 11 is 0. The number of piperidine rings is 1. The van der Waals surface area contributed by atoms with Crippen LogP contribution in [0.15, 0.2) is 30.5 Å². The third-order valence-corrected chi connectivity index (χ3v) is 9.25. The van der Waals surface area contributed by atoms with Crippen LogP contribution in [0.3, 0.4) is 0 Å². The Labute approximate surface area is 234 Å². The van der Waals surface area contributed by atoms with Crippen molar-refractivity contribution >= 4 is 28.5 Å². The first-order chi connectivity index (χ1) is 18.9. The number of hydrogen-bond acceptors (Lipinski definition) is 7. The molecule has 1 saturated heterocycles. The second-order valence-corrected chi connectivity index (χ2v) is 13.1. The fourth-order valence-corrected chi connectivity index (χ4v) is 6.51. The minimum absolute atomic E-state index is 0.0418. The third-order valence-electron chi connectivity index (χ3n) is 9.25. The Balaban J connectivity index is 1.38. The standard InChI is InChI=1S/C30H38N6O4/c1-29(2,3)25(34-26(37)17-11-18(12-17)40-6)28(39)36-15-20-22(30(20,4)5)24(36)27(38)33-21(13-31)23-19-10-8-7-9-16(19)14-32-35-23/h7-10,14,17-18,20-22,24-25H,11-12,15H2,1-6H3,(H,33,38)(H,34,37)/t17?,18?,20-,21?,22-,24-,25+/m0/s1. The highest BCUT2D eigenvalue weighted by Crippen LogP contribution is 2.65. The van der Waals surface area contributed by atoms with Gasteiger partial charge >= 0.3 is 0 Å². The van der Waals surface area contributed by atoms with Gasteiger partial charge in [0, 0.05) is 30.3 Å². The summed E-state index contributed by atoms with van der Waals surface area (Å²) in [4.78, 5) is 42.6. The Bertz CT molecular complexity index is 1370. The van der Waals surface area contributed by atoms with Crippen molar-refractivity contribution < 1.29 is 19.1 Å². The molecule has 3 fully saturated rings. The zero-order chi connectivity index (χ0) is 29.0. The van der Waals surface area contributed by atoms with Crippen LogP contribution in [0.1, 0.15) is 59.2 Å². The minimum Gasteiger partial charge on any atom is -0.381 e. The van der Waals surface area contributed by atoms with Crippen LogP contribution in [0.25, 0.3) is 10.8 Å². The molecule has 2 aliphatic carbocycles. The fourth-order valence-electron chi connectivity index (χ4n) is 6.51. The number of nitrogens with zero attached hydrogens (tertiary/aromatic N) is 4. The van der Waals surface area contributed by atoms with Gasteiger partial charge in [-0.25, -0.2) is 0 Å². The number of hydrogen-bond donors (Lipinski definition) is 2. The summed E-state index contributed by atoms with van der Waals surface area (Å²) in [6.45, 7) is 10.4. The summed E-state index contributed by atoms with van der Waals surface area (Å²) in [5, 5.41) is 25.6. The van der Waals surface area contributed by atoms with Crippen molar-refractivity contribution in [1.82, 2.24) is 25.7 Å². The molecule has 0 spiro atoms. The molecule has 40 heavy (non-hydrogen) atoms. The number of amides is 3. The zero-order valence-electron chi connectivity index (χ0n) is 24.0. The molecule has 1 aliphatic heterocycles. The molecule has 2 heterocycles. The first-order valence-corrected chi connectivity index (χ1v) is 13.9. The Hall–Kier alpha value is -3.58. The van der Waals surface area contributed by atoms with Gasteiger partial charge in [0.2, 0.25) is 17.7 Å². The number of fused-ring (bicyclic) bond motifs is 2. The Kier molecular flexibility index (Phi) is 7.07. The molecule has 10 heteroatoms. The van der Waals surface area contributed by atoms with Gasteiger partial charge in [0.05, 0.1) is 18.4 Å². The van der Waals surface area contributed by atoms with Crippen molar-refractivity contribution in [2.24, 2.45) is 28.6 Å². The molecule has 2 saturated carbocycles. The number of rotatable bonds is 7. The highest BCUT2D eigenvalue weighted by molar-refractivity contribution is 5.95. The van der Waals surface area contributed by atoms with E-state index in [1.807, 2.05) is 45.0 Å². The van der Waals surface area contributed by atoms with E-state index in [0.717, 1.165) is 10.8 Å². The van der Waals surface area contributed by atoms with Gasteiger partial charge in [0.1, 0.15) is 17.8 Å². The molecule has 5 rings (SSSR count). The number of aromatic nitrogens is 2. The van der Waals surface area contributed by atoms with Crippen molar-refractivity contribution in [1.29, 1.82) is 5.26 Å². The molecule has 1 aromatic heterocycles. The van der Waals surface area contributed by atoms with Gasteiger partial charge in [-0.2, -0.15) is 15.5 Å². The summed E-state index contributed by atoms with van der Waals surface area (Å²) in [6.07, 6.45) is 2.95. The average Bonchev–Trinajstić information content (AvgIpc) is 3.21. The first-order valence-electron chi connectivity index (χ1n) is 13.9. The zero-order valence-corrected chi connectivity index (χ0v) is 24.0. The second-order valence-electron chi connectivity index (χ2n) is 13.1. The number of ether oxygens (including phenoxy) is 1. The van der Waals surface area contributed by atoms with E-state index in [4.69, 9.17) is 4.74 Å². The van der Waals surface area contributed by atoms with Crippen molar-refractivity contribution in [2.45, 2.75) is 71.7 Å². The van der Waals surface area contributed by atoms with Crippen molar-refractivity contribution in [3.8, 4) is 6.07 Å². The molecule has 2 N–H and O–H groups in total. The first kappa shape index (κ1) is 28.0. The van der Waals surface area contributed by atoms with E-state index in [-0.39, 0.29) is 41.1 Å². The summed E-state index contributed by atoms with van der Waals surface area (Å²) in [7, 11) is 1.63. The number of likely N-dealkylation sites (tertiary alicyclic amines) is 1. The molecule has 1 unspecified atom stereocenters. The quantitative estimate of drug-likeness (QED) is 0.545. The number of carbonyl (C=O) groups is 3. The van der Waals surface area contributed by atoms with Gasteiger partial charge in [-0.15, -0.1) is 0 Å². The summed E-state index contributed by atoms with van der Waals surface area (Å²) in [6, 6.07) is 7.01. The lowest BCUT2D eigenvalue weighted by molar-refractivity contribution is -0.147. The van der Waals surface area contributed by atoms with E-state index in [1.165, 1.54) is 0 Å². The predicted molar refractivity (Wildman–Crippen MR) is 147 cm³/mol. The molecule has 0 radical (unpaired) electrons. The largest absolute Gasteiger partial charge is 0.381 e. The Morgan fingerprint density at radius 1 is 1.15 bits per heavy atom. The van der Waals surface area contributed by atoms with Gasteiger partial charge in [0.25, 0.3) is 0 Å². The molecular formula is C30H38N6O4. The normalized spacial score (nSPS) is 28.0. The molecule has 0 bridgehead atoms. The van der Waals surface area contributed by atoms with E-state index in [9.17, 15) is 19.6 Å². The van der Waals surface area contributed by atoms with E-state index in [1.54, 1.807) is 18.2 Å². The van der Waals surface area contributed by atoms with Crippen LogP contribution in [-0.4, -0.2) is 64.7 Å². The second kappa shape index (κ2) is 10.1. The van der Waals surface area contributed by atoms with Crippen molar-refractivity contribution in [3.63, 3.8) is 0 Å². The van der Waals surface area contributed by atoms with Crippen LogP contribution >= 0.6 is 0 Å². The summed E-state index contributed by atoms with van der Waals surface area (Å²) in [5.41, 5.74) is -0.318. The van der Waals surface area contributed by atoms with Gasteiger partial charge in [-0.1, -0.05) is 58.9 Å². The maximum atomic E-state index is 14.1. The minimum atomic E-state index is -1.03. The molecule has 3 aliphatic rings. The summed E-state index contributed by atoms with van der Waals surface area (Å²) < 4.78 is 5.31. The van der Waals surface area contributed by atoms with Crippen LogP contribution in [0.4, 0.5) is 0 Å². The maximum absolute atomic E-state index is 14.1. The van der Waals surface area contributed by atoms with Crippen molar-refractivity contribution in [3.05, 3.63) is 36.2 Å². The lowest BCUT2D eigenvalue weighted by atomic mass is 9.80. The number of methoxy groups -OCH3 is 1. The van der Waals surface area contributed by atoms with E-state index in [0.29, 0.717) is 25.1 Å². The van der Waals surface area contributed by atoms with Crippen LogP contribution < -0.4 is 10.6 Å². The smallest absolute Gasteiger partial charge is 0.246 e. The van der Waals surface area contributed by atoms with Crippen molar-refractivity contribution in [2.75, 3.05) is 13.7 Å². The van der Waals surface area contributed by atoms with Gasteiger partial charge in [-0.3, -0.25) is 14.4 Å². The lowest BCUT2D eigenvalue weighted by Crippen LogP contribution is -2.60. The molecular weight excluding hydrogens is 508 g/mol. The Morgan fingerprint density at radius 3 is 2.50 bits per heavy atom. The van der Waals surface area contributed by atoms with Crippen LogP contribution in [-0.2, 0) is 19.1 Å². The molecule has 2 aromatic rings. The monoisotopic (exact) mass is 546 g/mol. The number of carbonyl (C=O) groups excluding carboxylic acids is 3. The average molecular weight is 547 g/mol. The third kappa shape index (κ3) is 4.81. The summed E-state index contributed by atoms with van der Waals surface area (Å²) in [5.74, 6) is -0.897. The SMILES string of the molecule is COC1CC(C(=O)N[C@H](C(=O)N2C[C@H]3[C@@H]([C@H]2C(=O)NC(C#N)c2nncc4ccccc24)C3(C)C)C(C)(C)C)C1.